The van der Waals surface area contributed by atoms with E-state index >= 15 is 0 Å². The number of hydrogen-bond acceptors (Lipinski definition) is 3. The van der Waals surface area contributed by atoms with Gasteiger partial charge in [0.1, 0.15) is 0 Å². The molecule has 0 aliphatic heterocycles. The van der Waals surface area contributed by atoms with Gasteiger partial charge in [0.2, 0.25) is 0 Å². The zero-order chi connectivity index (χ0) is 24.7. The van der Waals surface area contributed by atoms with Gasteiger partial charge in [-0.3, -0.25) is 0 Å². The van der Waals surface area contributed by atoms with E-state index in [1.165, 1.54) is 116 Å². The van der Waals surface area contributed by atoms with Gasteiger partial charge < -0.3 is 0 Å². The Hall–Kier alpha value is 0.375. The topological polar surface area (TPSA) is 49.7 Å². The molecule has 3 nitrogen and oxygen atoms in total. The summed E-state index contributed by atoms with van der Waals surface area (Å²) in [5.41, 5.74) is 0. The summed E-state index contributed by atoms with van der Waals surface area (Å²) < 4.78 is 6.45. The second-order valence-electron chi connectivity index (χ2n) is 10.8. The third-order valence-corrected chi connectivity index (χ3v) is 14.3. The molecule has 0 aliphatic rings. The summed E-state index contributed by atoms with van der Waals surface area (Å²) in [6.45, 7) is 6.45. The summed E-state index contributed by atoms with van der Waals surface area (Å²) >= 11 is 0. The average Bonchev–Trinajstić information content (AvgIpc) is 2.79. The monoisotopic (exact) mass is 488 g/mol. The molecule has 0 aromatic carbocycles. The molecule has 0 spiro atoms. The van der Waals surface area contributed by atoms with Crippen LogP contribution in [0.15, 0.2) is 0 Å². The predicted octanol–water partition coefficient (Wildman–Crippen LogP) is 9.32. The molecule has 0 aliphatic carbocycles. The van der Waals surface area contributed by atoms with Gasteiger partial charge in [-0.25, -0.2) is 0 Å². The van der Waals surface area contributed by atoms with Gasteiger partial charge in [-0.1, -0.05) is 0 Å². The van der Waals surface area contributed by atoms with Crippen LogP contribution >= 0.6 is 6.83 Å². The van der Waals surface area contributed by atoms with Crippen LogP contribution in [0.25, 0.3) is 0 Å². The Kier molecular flexibility index (Phi) is 21.9. The Labute approximate surface area is 209 Å². The third-order valence-electron chi connectivity index (χ3n) is 7.70. The standard InChI is InChI=1S/C28H62BO3P/c1-5-9-13-16-19-22-26-33(25-12-8-4,32-29(30)31,27-23-20-17-14-10-6-2)28-24-21-18-15-11-7-3/h30-31H,5-28H2,1-4H3. The molecule has 33 heavy (non-hydrogen) atoms. The fraction of sp³-hybridized carbons (Fsp3) is 1.00. The van der Waals surface area contributed by atoms with Gasteiger partial charge in [0.15, 0.2) is 0 Å². The van der Waals surface area contributed by atoms with Crippen LogP contribution in [0.3, 0.4) is 0 Å². The Morgan fingerprint density at radius 2 is 0.697 bits per heavy atom. The molecule has 0 fully saturated rings. The molecule has 200 valence electrons. The first-order valence-electron chi connectivity index (χ1n) is 15.0. The van der Waals surface area contributed by atoms with Crippen LogP contribution in [0.5, 0.6) is 0 Å². The van der Waals surface area contributed by atoms with Crippen LogP contribution in [-0.4, -0.2) is 42.0 Å². The summed E-state index contributed by atoms with van der Waals surface area (Å²) in [7, 11) is -1.61. The van der Waals surface area contributed by atoms with Crippen molar-refractivity contribution in [1.29, 1.82) is 0 Å². The van der Waals surface area contributed by atoms with Crippen LogP contribution in [0, 0.1) is 0 Å². The molecule has 0 aromatic heterocycles. The minimum atomic E-state index is -2.64. The average molecular weight is 489 g/mol. The van der Waals surface area contributed by atoms with Gasteiger partial charge in [-0.2, -0.15) is 0 Å². The van der Waals surface area contributed by atoms with Crippen LogP contribution in [-0.2, 0) is 4.44 Å². The van der Waals surface area contributed by atoms with Gasteiger partial charge in [0, 0.05) is 0 Å². The zero-order valence-corrected chi connectivity index (χ0v) is 24.2. The van der Waals surface area contributed by atoms with E-state index < -0.39 is 14.2 Å². The van der Waals surface area contributed by atoms with E-state index in [0.717, 1.165) is 37.5 Å². The molecule has 2 N–H and O–H groups in total. The van der Waals surface area contributed by atoms with E-state index in [1.54, 1.807) is 0 Å². The predicted molar refractivity (Wildman–Crippen MR) is 153 cm³/mol. The molecule has 0 atom stereocenters. The van der Waals surface area contributed by atoms with E-state index in [2.05, 4.69) is 27.7 Å². The Morgan fingerprint density at radius 1 is 0.424 bits per heavy atom. The van der Waals surface area contributed by atoms with Crippen LogP contribution in [0.4, 0.5) is 0 Å². The molecule has 0 saturated heterocycles. The molecule has 0 saturated carbocycles. The van der Waals surface area contributed by atoms with Crippen molar-refractivity contribution in [2.75, 3.05) is 24.6 Å². The first-order chi connectivity index (χ1) is 16.0. The van der Waals surface area contributed by atoms with Crippen molar-refractivity contribution in [2.24, 2.45) is 0 Å². The second kappa shape index (κ2) is 21.6. The van der Waals surface area contributed by atoms with Gasteiger partial charge in [0.05, 0.1) is 0 Å². The zero-order valence-electron chi connectivity index (χ0n) is 23.3. The summed E-state index contributed by atoms with van der Waals surface area (Å²) in [4.78, 5) is 0. The van der Waals surface area contributed by atoms with Crippen molar-refractivity contribution in [3.63, 3.8) is 0 Å². The molecular weight excluding hydrogens is 426 g/mol. The fourth-order valence-corrected chi connectivity index (χ4v) is 12.1. The van der Waals surface area contributed by atoms with Crippen LogP contribution in [0.2, 0.25) is 0 Å². The third kappa shape index (κ3) is 16.6. The quantitative estimate of drug-likeness (QED) is 0.0724. The molecule has 0 heterocycles. The molecule has 0 bridgehead atoms. The van der Waals surface area contributed by atoms with Gasteiger partial charge in [-0.05, 0) is 0 Å². The van der Waals surface area contributed by atoms with Crippen LogP contribution in [0.1, 0.15) is 156 Å². The van der Waals surface area contributed by atoms with Crippen molar-refractivity contribution in [3.8, 4) is 0 Å². The van der Waals surface area contributed by atoms with E-state index in [0.29, 0.717) is 0 Å². The minimum absolute atomic E-state index is 1.10. The molecule has 0 unspecified atom stereocenters. The number of unbranched alkanes of at least 4 members (excludes halogenated alkanes) is 16. The number of rotatable bonds is 26. The van der Waals surface area contributed by atoms with Crippen molar-refractivity contribution in [2.45, 2.75) is 156 Å². The van der Waals surface area contributed by atoms with Crippen LogP contribution < -0.4 is 0 Å². The van der Waals surface area contributed by atoms with E-state index in [-0.39, 0.29) is 0 Å². The summed E-state index contributed by atoms with van der Waals surface area (Å²) in [6, 6.07) is 0. The molecular formula is C28H62BO3P. The van der Waals surface area contributed by atoms with Gasteiger partial charge in [-0.15, -0.1) is 0 Å². The Balaban J connectivity index is 5.37. The van der Waals surface area contributed by atoms with Crippen molar-refractivity contribution in [1.82, 2.24) is 0 Å². The molecule has 5 heteroatoms. The first-order valence-corrected chi connectivity index (χ1v) is 17.9. The molecule has 0 radical (unpaired) electrons. The first kappa shape index (κ1) is 33.4. The summed E-state index contributed by atoms with van der Waals surface area (Å²) in [6.07, 6.45) is 29.9. The van der Waals surface area contributed by atoms with E-state index in [4.69, 9.17) is 4.44 Å². The van der Waals surface area contributed by atoms with Gasteiger partial charge in [0.25, 0.3) is 0 Å². The molecule has 0 rings (SSSR count). The molecule has 0 aromatic rings. The van der Waals surface area contributed by atoms with E-state index in [9.17, 15) is 10.0 Å². The van der Waals surface area contributed by atoms with Gasteiger partial charge >= 0.3 is 209 Å². The fourth-order valence-electron chi connectivity index (χ4n) is 5.58. The maximum atomic E-state index is 10.1. The second-order valence-corrected chi connectivity index (χ2v) is 16.6. The number of hydrogen-bond donors (Lipinski definition) is 2. The van der Waals surface area contributed by atoms with Crippen molar-refractivity contribution < 1.29 is 14.5 Å². The van der Waals surface area contributed by atoms with Crippen molar-refractivity contribution >= 4 is 14.2 Å². The maximum absolute atomic E-state index is 10.1. The summed E-state index contributed by atoms with van der Waals surface area (Å²) in [5.74, 6) is 0. The van der Waals surface area contributed by atoms with Crippen molar-refractivity contribution in [3.05, 3.63) is 0 Å². The normalized spacial score (nSPS) is 13.2. The molecule has 0 amide bonds. The Bertz CT molecular complexity index is 376. The SMILES string of the molecule is CCCCCCCCP(CCCC)(CCCCCCCC)(CCCCCCCC)OB(O)O. The van der Waals surface area contributed by atoms with E-state index in [1.807, 2.05) is 0 Å². The summed E-state index contributed by atoms with van der Waals surface area (Å²) in [5, 5.41) is 20.3. The Morgan fingerprint density at radius 3 is 1.00 bits per heavy atom.